The molecule has 0 saturated heterocycles. The maximum Gasteiger partial charge on any atom is 0.122 e. The second-order valence-electron chi connectivity index (χ2n) is 12.0. The third-order valence-electron chi connectivity index (χ3n) is 6.13. The molecule has 0 aromatic heterocycles. The van der Waals surface area contributed by atoms with Crippen LogP contribution in [-0.4, -0.2) is 23.3 Å². The first-order valence-corrected chi connectivity index (χ1v) is 17.2. The summed E-state index contributed by atoms with van der Waals surface area (Å²) in [5.41, 5.74) is 2.94. The molecule has 0 fully saturated rings. The lowest BCUT2D eigenvalue weighted by Crippen LogP contribution is -2.47. The molecule has 0 radical (unpaired) electrons. The van der Waals surface area contributed by atoms with Crippen molar-refractivity contribution in [1.29, 1.82) is 0 Å². The maximum atomic E-state index is 6.14. The van der Waals surface area contributed by atoms with Crippen molar-refractivity contribution in [3.63, 3.8) is 0 Å². The van der Waals surface area contributed by atoms with Crippen molar-refractivity contribution in [1.82, 2.24) is 0 Å². The van der Waals surface area contributed by atoms with Gasteiger partial charge in [0.2, 0.25) is 0 Å². The number of ether oxygens (including phenoxy) is 1. The van der Waals surface area contributed by atoms with Crippen LogP contribution in [0.25, 0.3) is 0 Å². The Balaban J connectivity index is 2.87. The van der Waals surface area contributed by atoms with Gasteiger partial charge in [0.1, 0.15) is 13.8 Å². The lowest BCUT2D eigenvalue weighted by atomic mass is 9.80. The lowest BCUT2D eigenvalue weighted by Gasteiger charge is -2.35. The van der Waals surface area contributed by atoms with E-state index in [1.165, 1.54) is 16.3 Å². The predicted molar refractivity (Wildman–Crippen MR) is 132 cm³/mol. The standard InChI is InChI=1S/C25H42OSi2/c1-24(2,3)18-16-19(25(4,5)6)23(26-7)22(17-18)28(11,12)21-15-13-14-20(21)27(8,9)10/h13-14,16-17H,15H2,1-12H3. The number of hydrogen-bond acceptors (Lipinski definition) is 1. The van der Waals surface area contributed by atoms with Crippen LogP contribution in [0.5, 0.6) is 5.75 Å². The third kappa shape index (κ3) is 4.41. The van der Waals surface area contributed by atoms with Crippen molar-refractivity contribution in [2.75, 3.05) is 7.11 Å². The molecule has 156 valence electrons. The van der Waals surface area contributed by atoms with E-state index < -0.39 is 16.1 Å². The van der Waals surface area contributed by atoms with E-state index in [2.05, 4.69) is 98.6 Å². The van der Waals surface area contributed by atoms with E-state index in [9.17, 15) is 0 Å². The fourth-order valence-corrected chi connectivity index (χ4v) is 11.0. The van der Waals surface area contributed by atoms with Gasteiger partial charge in [0.15, 0.2) is 0 Å². The molecule has 1 aromatic carbocycles. The largest absolute Gasteiger partial charge is 0.497 e. The molecule has 0 saturated carbocycles. The van der Waals surface area contributed by atoms with Gasteiger partial charge in [0.05, 0.1) is 15.2 Å². The molecule has 0 heterocycles. The second kappa shape index (κ2) is 7.32. The molecule has 0 aliphatic heterocycles. The molecule has 0 bridgehead atoms. The predicted octanol–water partition coefficient (Wildman–Crippen LogP) is 6.88. The summed E-state index contributed by atoms with van der Waals surface area (Å²) in [6.45, 7) is 26.4. The highest BCUT2D eigenvalue weighted by Crippen LogP contribution is 2.39. The summed E-state index contributed by atoms with van der Waals surface area (Å²) in [5.74, 6) is 1.13. The third-order valence-corrected chi connectivity index (χ3v) is 12.2. The fourth-order valence-electron chi connectivity index (χ4n) is 4.27. The summed E-state index contributed by atoms with van der Waals surface area (Å²) in [5, 5.41) is 4.86. The molecule has 0 spiro atoms. The zero-order chi connectivity index (χ0) is 21.7. The van der Waals surface area contributed by atoms with Crippen LogP contribution in [0, 0.1) is 0 Å². The van der Waals surface area contributed by atoms with Gasteiger partial charge < -0.3 is 4.74 Å². The number of benzene rings is 1. The summed E-state index contributed by atoms with van der Waals surface area (Å²) in [6, 6.07) is 4.88. The average Bonchev–Trinajstić information content (AvgIpc) is 3.02. The van der Waals surface area contributed by atoms with E-state index in [1.807, 2.05) is 7.11 Å². The van der Waals surface area contributed by atoms with Crippen LogP contribution < -0.4 is 9.92 Å². The van der Waals surface area contributed by atoms with Crippen molar-refractivity contribution in [2.45, 2.75) is 91.5 Å². The van der Waals surface area contributed by atoms with E-state index in [0.717, 1.165) is 12.2 Å². The second-order valence-corrected chi connectivity index (χ2v) is 21.4. The highest BCUT2D eigenvalue weighted by atomic mass is 28.3. The van der Waals surface area contributed by atoms with Crippen molar-refractivity contribution >= 4 is 21.3 Å². The minimum absolute atomic E-state index is 0.0513. The Bertz CT molecular complexity index is 807. The topological polar surface area (TPSA) is 9.23 Å². The zero-order valence-corrected chi connectivity index (χ0v) is 22.4. The molecular weight excluding hydrogens is 372 g/mol. The molecule has 1 nitrogen and oxygen atoms in total. The monoisotopic (exact) mass is 414 g/mol. The Labute approximate surface area is 176 Å². The molecule has 0 unspecified atom stereocenters. The first kappa shape index (κ1) is 23.2. The summed E-state index contributed by atoms with van der Waals surface area (Å²) >= 11 is 0. The SMILES string of the molecule is COc1c(C(C)(C)C)cc(C(C)(C)C)cc1[Si](C)(C)C1=C([Si](C)(C)C)C=CC1. The molecule has 0 atom stereocenters. The van der Waals surface area contributed by atoms with Gasteiger partial charge in [-0.25, -0.2) is 0 Å². The number of allylic oxidation sites excluding steroid dienone is 4. The van der Waals surface area contributed by atoms with Crippen molar-refractivity contribution in [2.24, 2.45) is 0 Å². The van der Waals surface area contributed by atoms with E-state index in [0.29, 0.717) is 0 Å². The van der Waals surface area contributed by atoms with Crippen molar-refractivity contribution < 1.29 is 4.74 Å². The minimum atomic E-state index is -1.88. The zero-order valence-electron chi connectivity index (χ0n) is 20.4. The molecule has 1 aliphatic rings. The van der Waals surface area contributed by atoms with Crippen LogP contribution in [0.15, 0.2) is 34.7 Å². The highest BCUT2D eigenvalue weighted by Gasteiger charge is 2.39. The van der Waals surface area contributed by atoms with E-state index in [-0.39, 0.29) is 10.8 Å². The van der Waals surface area contributed by atoms with Gasteiger partial charge in [-0.3, -0.25) is 0 Å². The van der Waals surface area contributed by atoms with Gasteiger partial charge in [0.25, 0.3) is 0 Å². The van der Waals surface area contributed by atoms with Crippen LogP contribution in [0.1, 0.15) is 59.1 Å². The van der Waals surface area contributed by atoms with Gasteiger partial charge in [-0.05, 0) is 33.6 Å². The Morgan fingerprint density at radius 1 is 0.857 bits per heavy atom. The Morgan fingerprint density at radius 2 is 1.43 bits per heavy atom. The van der Waals surface area contributed by atoms with Crippen LogP contribution in [0.4, 0.5) is 0 Å². The van der Waals surface area contributed by atoms with Crippen molar-refractivity contribution in [3.8, 4) is 5.75 Å². The summed E-state index contributed by atoms with van der Waals surface area (Å²) < 4.78 is 6.14. The molecule has 0 N–H and O–H groups in total. The first-order valence-electron chi connectivity index (χ1n) is 10.7. The van der Waals surface area contributed by atoms with E-state index >= 15 is 0 Å². The van der Waals surface area contributed by atoms with Gasteiger partial charge in [-0.1, -0.05) is 109 Å². The highest BCUT2D eigenvalue weighted by molar-refractivity contribution is 6.98. The molecule has 3 heteroatoms. The van der Waals surface area contributed by atoms with Crippen LogP contribution >= 0.6 is 0 Å². The molecule has 0 amide bonds. The molecule has 28 heavy (non-hydrogen) atoms. The molecule has 2 rings (SSSR count). The van der Waals surface area contributed by atoms with Gasteiger partial charge in [-0.2, -0.15) is 0 Å². The van der Waals surface area contributed by atoms with Gasteiger partial charge >= 0.3 is 0 Å². The quantitative estimate of drug-likeness (QED) is 0.488. The smallest absolute Gasteiger partial charge is 0.122 e. The lowest BCUT2D eigenvalue weighted by molar-refractivity contribution is 0.399. The number of hydrogen-bond donors (Lipinski definition) is 0. The van der Waals surface area contributed by atoms with Crippen LogP contribution in [0.2, 0.25) is 32.7 Å². The normalized spacial score (nSPS) is 16.1. The van der Waals surface area contributed by atoms with Crippen molar-refractivity contribution in [3.05, 3.63) is 45.8 Å². The minimum Gasteiger partial charge on any atom is -0.497 e. The average molecular weight is 415 g/mol. The molecule has 1 aliphatic carbocycles. The first-order chi connectivity index (χ1) is 12.5. The summed E-state index contributed by atoms with van der Waals surface area (Å²) in [6.07, 6.45) is 5.94. The molecule has 1 aromatic rings. The Hall–Kier alpha value is -1.07. The van der Waals surface area contributed by atoms with Crippen LogP contribution in [-0.2, 0) is 10.8 Å². The van der Waals surface area contributed by atoms with Crippen LogP contribution in [0.3, 0.4) is 0 Å². The molecular formula is C25H42OSi2. The fraction of sp³-hybridized carbons (Fsp3) is 0.600. The van der Waals surface area contributed by atoms with E-state index in [4.69, 9.17) is 4.74 Å². The Kier molecular flexibility index (Phi) is 6.07. The number of rotatable bonds is 4. The summed E-state index contributed by atoms with van der Waals surface area (Å²) in [7, 11) is -1.39. The van der Waals surface area contributed by atoms with E-state index in [1.54, 1.807) is 10.4 Å². The van der Waals surface area contributed by atoms with Gasteiger partial charge in [0, 0.05) is 0 Å². The Morgan fingerprint density at radius 3 is 1.86 bits per heavy atom. The summed E-state index contributed by atoms with van der Waals surface area (Å²) in [4.78, 5) is 0. The maximum absolute atomic E-state index is 6.14. The number of methoxy groups -OCH3 is 1. The van der Waals surface area contributed by atoms with Gasteiger partial charge in [-0.15, -0.1) is 0 Å².